The Hall–Kier alpha value is -0.480. The summed E-state index contributed by atoms with van der Waals surface area (Å²) in [5, 5.41) is 0. The largest absolute Gasteiger partial charge is 0.324 e. The third-order valence-electron chi connectivity index (χ3n) is 2.58. The quantitative estimate of drug-likeness (QED) is 0.635. The van der Waals surface area contributed by atoms with Crippen molar-refractivity contribution in [2.75, 3.05) is 0 Å². The van der Waals surface area contributed by atoms with Gasteiger partial charge in [-0.3, -0.25) is 0 Å². The van der Waals surface area contributed by atoms with Crippen molar-refractivity contribution in [3.05, 3.63) is 33.8 Å². The number of rotatable bonds is 5. The summed E-state index contributed by atoms with van der Waals surface area (Å²) in [6.45, 7) is 2.11. The second kappa shape index (κ2) is 6.30. The lowest BCUT2D eigenvalue weighted by molar-refractivity contribution is 0.497. The normalized spacial score (nSPS) is 12.8. The van der Waals surface area contributed by atoms with Crippen LogP contribution in [0.4, 0.5) is 8.78 Å². The van der Waals surface area contributed by atoms with E-state index in [1.807, 2.05) is 0 Å². The van der Waals surface area contributed by atoms with Gasteiger partial charge in [0.05, 0.1) is 4.47 Å². The van der Waals surface area contributed by atoms with Gasteiger partial charge in [-0.15, -0.1) is 0 Å². The van der Waals surface area contributed by atoms with Crippen LogP contribution in [-0.4, -0.2) is 0 Å². The van der Waals surface area contributed by atoms with Crippen LogP contribution < -0.4 is 5.73 Å². The van der Waals surface area contributed by atoms with Crippen LogP contribution in [0.2, 0.25) is 0 Å². The Balaban J connectivity index is 2.76. The van der Waals surface area contributed by atoms with Gasteiger partial charge in [0.25, 0.3) is 0 Å². The van der Waals surface area contributed by atoms with Gasteiger partial charge in [-0.2, -0.15) is 0 Å². The van der Waals surface area contributed by atoms with Gasteiger partial charge >= 0.3 is 0 Å². The van der Waals surface area contributed by atoms with Crippen molar-refractivity contribution in [2.24, 2.45) is 5.73 Å². The number of hydrogen-bond donors (Lipinski definition) is 1. The van der Waals surface area contributed by atoms with Crippen molar-refractivity contribution in [3.8, 4) is 0 Å². The van der Waals surface area contributed by atoms with Crippen molar-refractivity contribution >= 4 is 15.9 Å². The van der Waals surface area contributed by atoms with E-state index in [-0.39, 0.29) is 10.5 Å². The number of halogens is 3. The first-order valence-electron chi connectivity index (χ1n) is 5.46. The molecule has 0 amide bonds. The number of unbranched alkanes of at least 4 members (excludes halogenated alkanes) is 2. The molecule has 1 rings (SSSR count). The van der Waals surface area contributed by atoms with E-state index < -0.39 is 11.6 Å². The van der Waals surface area contributed by atoms with Gasteiger partial charge in [-0.1, -0.05) is 32.3 Å². The van der Waals surface area contributed by atoms with Gasteiger partial charge in [-0.25, -0.2) is 8.78 Å². The Morgan fingerprint density at radius 3 is 2.62 bits per heavy atom. The molecule has 0 saturated heterocycles. The summed E-state index contributed by atoms with van der Waals surface area (Å²) in [5.41, 5.74) is 6.57. The Kier molecular flexibility index (Phi) is 5.35. The van der Waals surface area contributed by atoms with E-state index in [0.29, 0.717) is 5.56 Å². The van der Waals surface area contributed by atoms with Crippen LogP contribution in [0.25, 0.3) is 0 Å². The van der Waals surface area contributed by atoms with E-state index in [9.17, 15) is 8.78 Å². The summed E-state index contributed by atoms with van der Waals surface area (Å²) in [7, 11) is 0. The van der Waals surface area contributed by atoms with Crippen molar-refractivity contribution in [2.45, 2.75) is 38.6 Å². The minimum absolute atomic E-state index is 0.150. The molecule has 0 spiro atoms. The predicted molar refractivity (Wildman–Crippen MR) is 65.1 cm³/mol. The smallest absolute Gasteiger partial charge is 0.173 e. The lowest BCUT2D eigenvalue weighted by Crippen LogP contribution is -2.12. The minimum atomic E-state index is -0.858. The van der Waals surface area contributed by atoms with Crippen molar-refractivity contribution < 1.29 is 8.78 Å². The first-order chi connectivity index (χ1) is 7.57. The molecule has 0 saturated carbocycles. The summed E-state index contributed by atoms with van der Waals surface area (Å²) in [4.78, 5) is 0. The van der Waals surface area contributed by atoms with Gasteiger partial charge in [0, 0.05) is 6.04 Å². The fourth-order valence-electron chi connectivity index (χ4n) is 1.60. The van der Waals surface area contributed by atoms with Crippen LogP contribution in [0.1, 0.15) is 44.2 Å². The summed E-state index contributed by atoms with van der Waals surface area (Å²) >= 11 is 3.05. The fourth-order valence-corrected chi connectivity index (χ4v) is 2.21. The van der Waals surface area contributed by atoms with Gasteiger partial charge in [0.15, 0.2) is 11.6 Å². The monoisotopic (exact) mass is 291 g/mol. The second-order valence-corrected chi connectivity index (χ2v) is 4.66. The molecular weight excluding hydrogens is 276 g/mol. The number of benzene rings is 1. The van der Waals surface area contributed by atoms with Gasteiger partial charge in [0.1, 0.15) is 0 Å². The summed E-state index contributed by atoms with van der Waals surface area (Å²) in [6.07, 6.45) is 4.02. The van der Waals surface area contributed by atoms with E-state index in [4.69, 9.17) is 5.73 Å². The number of hydrogen-bond acceptors (Lipinski definition) is 1. The molecule has 2 N–H and O–H groups in total. The Labute approximate surface area is 103 Å². The average Bonchev–Trinajstić information content (AvgIpc) is 2.26. The van der Waals surface area contributed by atoms with E-state index in [1.165, 1.54) is 0 Å². The van der Waals surface area contributed by atoms with E-state index in [2.05, 4.69) is 22.9 Å². The van der Waals surface area contributed by atoms with E-state index in [0.717, 1.165) is 31.7 Å². The maximum absolute atomic E-state index is 13.3. The van der Waals surface area contributed by atoms with Crippen LogP contribution in [0.3, 0.4) is 0 Å². The highest BCUT2D eigenvalue weighted by atomic mass is 79.9. The Bertz CT molecular complexity index is 355. The molecule has 0 aliphatic rings. The highest BCUT2D eigenvalue weighted by Crippen LogP contribution is 2.29. The molecule has 0 bridgehead atoms. The standard InChI is InChI=1S/C12H16BrF2N/c1-2-3-4-5-10(16)8-6-7-9(14)12(15)11(8)13/h6-7,10H,2-5,16H2,1H3. The molecule has 0 heterocycles. The first kappa shape index (κ1) is 13.6. The fraction of sp³-hybridized carbons (Fsp3) is 0.500. The molecule has 0 fully saturated rings. The molecule has 16 heavy (non-hydrogen) atoms. The van der Waals surface area contributed by atoms with Crippen molar-refractivity contribution in [1.82, 2.24) is 0 Å². The van der Waals surface area contributed by atoms with Crippen LogP contribution in [-0.2, 0) is 0 Å². The maximum atomic E-state index is 13.3. The average molecular weight is 292 g/mol. The van der Waals surface area contributed by atoms with Gasteiger partial charge in [-0.05, 0) is 34.0 Å². The van der Waals surface area contributed by atoms with E-state index >= 15 is 0 Å². The Morgan fingerprint density at radius 2 is 2.00 bits per heavy atom. The molecular formula is C12H16BrF2N. The van der Waals surface area contributed by atoms with Crippen LogP contribution in [0.15, 0.2) is 16.6 Å². The zero-order chi connectivity index (χ0) is 12.1. The molecule has 1 aromatic carbocycles. The molecule has 1 aromatic rings. The summed E-state index contributed by atoms with van der Waals surface area (Å²) in [5.74, 6) is -1.71. The molecule has 0 aromatic heterocycles. The third-order valence-corrected chi connectivity index (χ3v) is 3.39. The lowest BCUT2D eigenvalue weighted by atomic mass is 10.0. The zero-order valence-electron chi connectivity index (χ0n) is 9.27. The highest BCUT2D eigenvalue weighted by Gasteiger charge is 2.15. The summed E-state index contributed by atoms with van der Waals surface area (Å²) < 4.78 is 26.3. The van der Waals surface area contributed by atoms with Crippen LogP contribution in [0, 0.1) is 11.6 Å². The molecule has 1 unspecified atom stereocenters. The second-order valence-electron chi connectivity index (χ2n) is 3.87. The Morgan fingerprint density at radius 1 is 1.31 bits per heavy atom. The minimum Gasteiger partial charge on any atom is -0.324 e. The first-order valence-corrected chi connectivity index (χ1v) is 6.26. The zero-order valence-corrected chi connectivity index (χ0v) is 10.9. The SMILES string of the molecule is CCCCCC(N)c1ccc(F)c(F)c1Br. The topological polar surface area (TPSA) is 26.0 Å². The molecule has 0 aliphatic heterocycles. The van der Waals surface area contributed by atoms with Crippen molar-refractivity contribution in [1.29, 1.82) is 0 Å². The number of nitrogens with two attached hydrogens (primary N) is 1. The highest BCUT2D eigenvalue weighted by molar-refractivity contribution is 9.10. The predicted octanol–water partition coefficient (Wildman–Crippen LogP) is 4.31. The maximum Gasteiger partial charge on any atom is 0.173 e. The van der Waals surface area contributed by atoms with Crippen molar-refractivity contribution in [3.63, 3.8) is 0 Å². The van der Waals surface area contributed by atoms with Gasteiger partial charge in [0.2, 0.25) is 0 Å². The lowest BCUT2D eigenvalue weighted by Gasteiger charge is -2.14. The van der Waals surface area contributed by atoms with Crippen LogP contribution >= 0.6 is 15.9 Å². The molecule has 90 valence electrons. The summed E-state index contributed by atoms with van der Waals surface area (Å²) in [6, 6.07) is 2.42. The van der Waals surface area contributed by atoms with Crippen LogP contribution in [0.5, 0.6) is 0 Å². The third kappa shape index (κ3) is 3.25. The molecule has 4 heteroatoms. The molecule has 0 aliphatic carbocycles. The van der Waals surface area contributed by atoms with Gasteiger partial charge < -0.3 is 5.73 Å². The molecule has 1 nitrogen and oxygen atoms in total. The molecule has 1 atom stereocenters. The molecule has 0 radical (unpaired) electrons. The van der Waals surface area contributed by atoms with E-state index in [1.54, 1.807) is 6.07 Å².